The highest BCUT2D eigenvalue weighted by atomic mass is 19.1. The Hall–Kier alpha value is -2.84. The summed E-state index contributed by atoms with van der Waals surface area (Å²) in [5.41, 5.74) is 1.29. The normalized spacial score (nSPS) is 17.9. The van der Waals surface area contributed by atoms with Gasteiger partial charge in [-0.1, -0.05) is 12.1 Å². The molecule has 1 aliphatic rings. The number of hydrogen-bond acceptors (Lipinski definition) is 5. The summed E-state index contributed by atoms with van der Waals surface area (Å²) >= 11 is 0. The van der Waals surface area contributed by atoms with Crippen LogP contribution in [-0.4, -0.2) is 38.7 Å². The number of ether oxygens (including phenoxy) is 1. The van der Waals surface area contributed by atoms with E-state index in [1.54, 1.807) is 31.3 Å². The molecule has 3 heterocycles. The molecule has 0 aliphatic carbocycles. The Labute approximate surface area is 160 Å². The first-order valence-electron chi connectivity index (χ1n) is 9.09. The summed E-state index contributed by atoms with van der Waals surface area (Å²) in [5, 5.41) is 0.396. The van der Waals surface area contributed by atoms with Crippen molar-refractivity contribution in [1.82, 2.24) is 19.0 Å². The molecule has 0 bridgehead atoms. The monoisotopic (exact) mass is 384 g/mol. The van der Waals surface area contributed by atoms with Gasteiger partial charge >= 0.3 is 5.69 Å². The molecule has 28 heavy (non-hydrogen) atoms. The van der Waals surface area contributed by atoms with Gasteiger partial charge in [0, 0.05) is 33.7 Å². The van der Waals surface area contributed by atoms with E-state index in [1.807, 2.05) is 0 Å². The highest BCUT2D eigenvalue weighted by Gasteiger charge is 2.24. The van der Waals surface area contributed by atoms with E-state index in [4.69, 9.17) is 4.74 Å². The third-order valence-corrected chi connectivity index (χ3v) is 5.12. The van der Waals surface area contributed by atoms with E-state index in [0.29, 0.717) is 36.4 Å². The van der Waals surface area contributed by atoms with Crippen molar-refractivity contribution in [2.24, 2.45) is 14.1 Å². The number of halogens is 1. The van der Waals surface area contributed by atoms with Gasteiger partial charge in [-0.2, -0.15) is 0 Å². The lowest BCUT2D eigenvalue weighted by molar-refractivity contribution is -0.0348. The first-order chi connectivity index (χ1) is 13.4. The van der Waals surface area contributed by atoms with Crippen molar-refractivity contribution in [3.63, 3.8) is 0 Å². The average molecular weight is 384 g/mol. The van der Waals surface area contributed by atoms with Gasteiger partial charge in [-0.15, -0.1) is 0 Å². The molecule has 0 unspecified atom stereocenters. The first-order valence-corrected chi connectivity index (χ1v) is 9.09. The van der Waals surface area contributed by atoms with Gasteiger partial charge in [0.25, 0.3) is 5.56 Å². The van der Waals surface area contributed by atoms with Gasteiger partial charge in [-0.25, -0.2) is 14.2 Å². The zero-order valence-corrected chi connectivity index (χ0v) is 15.8. The fourth-order valence-corrected chi connectivity index (χ4v) is 3.52. The summed E-state index contributed by atoms with van der Waals surface area (Å²) in [4.78, 5) is 31.3. The minimum absolute atomic E-state index is 0.249. The topological polar surface area (TPSA) is 69.4 Å². The first kappa shape index (κ1) is 18.5. The molecule has 1 aromatic carbocycles. The van der Waals surface area contributed by atoms with Crippen LogP contribution in [0.4, 0.5) is 4.39 Å². The molecule has 1 aliphatic heterocycles. The molecule has 0 radical (unpaired) electrons. The van der Waals surface area contributed by atoms with Crippen LogP contribution < -0.4 is 11.2 Å². The highest BCUT2D eigenvalue weighted by Crippen LogP contribution is 2.23. The molecule has 0 saturated carbocycles. The lowest BCUT2D eigenvalue weighted by atomic mass is 10.1. The molecule has 8 heteroatoms. The van der Waals surface area contributed by atoms with E-state index in [-0.39, 0.29) is 17.5 Å². The van der Waals surface area contributed by atoms with Crippen LogP contribution in [0.1, 0.15) is 17.4 Å². The van der Waals surface area contributed by atoms with E-state index in [9.17, 15) is 14.0 Å². The van der Waals surface area contributed by atoms with E-state index < -0.39 is 5.69 Å². The van der Waals surface area contributed by atoms with Crippen LogP contribution in [0.5, 0.6) is 0 Å². The van der Waals surface area contributed by atoms with E-state index in [1.165, 1.54) is 23.7 Å². The SMILES string of the molecule is Cn1c(=O)c2ccc([C@@H]3CN(Cc4ccc(F)cc4)CCO3)nc2n(C)c1=O. The van der Waals surface area contributed by atoms with E-state index in [0.717, 1.165) is 16.7 Å². The van der Waals surface area contributed by atoms with Crippen molar-refractivity contribution in [3.05, 3.63) is 74.3 Å². The second-order valence-corrected chi connectivity index (χ2v) is 7.03. The third-order valence-electron chi connectivity index (χ3n) is 5.12. The Morgan fingerprint density at radius 3 is 2.61 bits per heavy atom. The Morgan fingerprint density at radius 2 is 1.86 bits per heavy atom. The molecular weight excluding hydrogens is 363 g/mol. The van der Waals surface area contributed by atoms with Crippen molar-refractivity contribution >= 4 is 11.0 Å². The average Bonchev–Trinajstić information content (AvgIpc) is 2.72. The molecule has 2 aromatic heterocycles. The molecule has 4 rings (SSSR count). The lowest BCUT2D eigenvalue weighted by Crippen LogP contribution is -2.39. The van der Waals surface area contributed by atoms with Gasteiger partial charge in [0.2, 0.25) is 0 Å². The quantitative estimate of drug-likeness (QED) is 0.682. The number of aryl methyl sites for hydroxylation is 1. The largest absolute Gasteiger partial charge is 0.369 e. The number of hydrogen-bond donors (Lipinski definition) is 0. The summed E-state index contributed by atoms with van der Waals surface area (Å²) in [6, 6.07) is 9.94. The highest BCUT2D eigenvalue weighted by molar-refractivity contribution is 5.73. The molecule has 0 amide bonds. The van der Waals surface area contributed by atoms with Crippen LogP contribution in [-0.2, 0) is 25.4 Å². The number of rotatable bonds is 3. The maximum absolute atomic E-state index is 13.1. The Kier molecular flexibility index (Phi) is 4.82. The van der Waals surface area contributed by atoms with Crippen molar-refractivity contribution in [1.29, 1.82) is 0 Å². The second kappa shape index (κ2) is 7.29. The molecule has 1 atom stereocenters. The van der Waals surface area contributed by atoms with Crippen molar-refractivity contribution in [3.8, 4) is 0 Å². The molecule has 146 valence electrons. The fourth-order valence-electron chi connectivity index (χ4n) is 3.52. The Bertz CT molecular complexity index is 1140. The van der Waals surface area contributed by atoms with Gasteiger partial charge in [-0.05, 0) is 29.8 Å². The fraction of sp³-hybridized carbons (Fsp3) is 0.350. The van der Waals surface area contributed by atoms with Crippen LogP contribution in [0.2, 0.25) is 0 Å². The predicted octanol–water partition coefficient (Wildman–Crippen LogP) is 1.34. The predicted molar refractivity (Wildman–Crippen MR) is 103 cm³/mol. The zero-order valence-electron chi connectivity index (χ0n) is 15.8. The molecule has 0 spiro atoms. The smallest absolute Gasteiger partial charge is 0.332 e. The number of fused-ring (bicyclic) bond motifs is 1. The van der Waals surface area contributed by atoms with Crippen LogP contribution in [0.25, 0.3) is 11.0 Å². The number of pyridine rings is 1. The number of nitrogens with zero attached hydrogens (tertiary/aromatic N) is 4. The van der Waals surface area contributed by atoms with Crippen molar-refractivity contribution in [2.75, 3.05) is 19.7 Å². The minimum Gasteiger partial charge on any atom is -0.369 e. The molecule has 1 fully saturated rings. The van der Waals surface area contributed by atoms with Gasteiger partial charge in [0.05, 0.1) is 17.7 Å². The number of morpholine rings is 1. The van der Waals surface area contributed by atoms with Crippen LogP contribution in [0.15, 0.2) is 46.0 Å². The third kappa shape index (κ3) is 3.36. The standard InChI is InChI=1S/C20H21FN4O3/c1-23-18-15(19(26)24(2)20(23)27)7-8-16(22-18)17-12-25(9-10-28-17)11-13-3-5-14(21)6-4-13/h3-8,17H,9-12H2,1-2H3/t17-/m0/s1. The lowest BCUT2D eigenvalue weighted by Gasteiger charge is -2.32. The van der Waals surface area contributed by atoms with Crippen LogP contribution in [0.3, 0.4) is 0 Å². The molecular formula is C20H21FN4O3. The van der Waals surface area contributed by atoms with Crippen molar-refractivity contribution in [2.45, 2.75) is 12.6 Å². The Balaban J connectivity index is 1.61. The van der Waals surface area contributed by atoms with E-state index in [2.05, 4.69) is 9.88 Å². The van der Waals surface area contributed by atoms with Crippen LogP contribution in [0, 0.1) is 5.82 Å². The molecule has 3 aromatic rings. The molecule has 0 N–H and O–H groups in total. The summed E-state index contributed by atoms with van der Waals surface area (Å²) in [6.07, 6.45) is -0.266. The summed E-state index contributed by atoms with van der Waals surface area (Å²) in [7, 11) is 3.05. The van der Waals surface area contributed by atoms with Gasteiger partial charge < -0.3 is 4.74 Å². The zero-order chi connectivity index (χ0) is 19.8. The van der Waals surface area contributed by atoms with E-state index >= 15 is 0 Å². The summed E-state index contributed by atoms with van der Waals surface area (Å²) < 4.78 is 21.4. The minimum atomic E-state index is -0.412. The summed E-state index contributed by atoms with van der Waals surface area (Å²) in [5.74, 6) is -0.249. The van der Waals surface area contributed by atoms with Crippen molar-refractivity contribution < 1.29 is 9.13 Å². The maximum Gasteiger partial charge on any atom is 0.332 e. The van der Waals surface area contributed by atoms with Gasteiger partial charge in [0.1, 0.15) is 17.6 Å². The number of benzene rings is 1. The maximum atomic E-state index is 13.1. The molecule has 1 saturated heterocycles. The second-order valence-electron chi connectivity index (χ2n) is 7.03. The number of aromatic nitrogens is 3. The van der Waals surface area contributed by atoms with Gasteiger partial charge in [0.15, 0.2) is 0 Å². The van der Waals surface area contributed by atoms with Gasteiger partial charge in [-0.3, -0.25) is 18.8 Å². The molecule has 7 nitrogen and oxygen atoms in total. The summed E-state index contributed by atoms with van der Waals surface area (Å²) in [6.45, 7) is 2.61. The Morgan fingerprint density at radius 1 is 1.11 bits per heavy atom. The van der Waals surface area contributed by atoms with Crippen LogP contribution >= 0.6 is 0 Å².